The first-order chi connectivity index (χ1) is 7.31. The molecule has 2 heterocycles. The third kappa shape index (κ3) is 2.26. The van der Waals surface area contributed by atoms with E-state index in [0.29, 0.717) is 5.88 Å². The Labute approximate surface area is 90.1 Å². The van der Waals surface area contributed by atoms with Gasteiger partial charge in [-0.15, -0.1) is 0 Å². The Morgan fingerprint density at radius 2 is 2.20 bits per heavy atom. The van der Waals surface area contributed by atoms with Gasteiger partial charge in [0.25, 0.3) is 0 Å². The number of piperidine rings is 1. The largest absolute Gasteiger partial charge is 0.480 e. The summed E-state index contributed by atoms with van der Waals surface area (Å²) < 4.78 is 5.22. The van der Waals surface area contributed by atoms with Crippen LogP contribution in [0.5, 0.6) is 5.88 Å². The summed E-state index contributed by atoms with van der Waals surface area (Å²) in [6.07, 6.45) is 5.72. The summed E-state index contributed by atoms with van der Waals surface area (Å²) in [5.41, 5.74) is 0.937. The Hall–Kier alpha value is -1.16. The number of nitrogens with one attached hydrogen (secondary N) is 1. The SMILES string of the molecule is COc1nccnc1C1CC(C)CCN1. The minimum Gasteiger partial charge on any atom is -0.480 e. The Kier molecular flexibility index (Phi) is 3.16. The van der Waals surface area contributed by atoms with Gasteiger partial charge in [0.1, 0.15) is 5.69 Å². The Morgan fingerprint density at radius 1 is 1.40 bits per heavy atom. The van der Waals surface area contributed by atoms with Crippen molar-refractivity contribution in [3.8, 4) is 5.88 Å². The summed E-state index contributed by atoms with van der Waals surface area (Å²) >= 11 is 0. The molecule has 0 aromatic carbocycles. The molecule has 2 unspecified atom stereocenters. The van der Waals surface area contributed by atoms with E-state index >= 15 is 0 Å². The fourth-order valence-electron chi connectivity index (χ4n) is 2.05. The van der Waals surface area contributed by atoms with Gasteiger partial charge in [0.05, 0.1) is 13.2 Å². The van der Waals surface area contributed by atoms with Crippen LogP contribution in [0, 0.1) is 5.92 Å². The Bertz CT molecular complexity index is 329. The highest BCUT2D eigenvalue weighted by Crippen LogP contribution is 2.29. The molecular weight excluding hydrogens is 190 g/mol. The van der Waals surface area contributed by atoms with E-state index in [4.69, 9.17) is 4.74 Å². The van der Waals surface area contributed by atoms with Crippen molar-refractivity contribution < 1.29 is 4.74 Å². The summed E-state index contributed by atoms with van der Waals surface area (Å²) in [5, 5.41) is 3.46. The monoisotopic (exact) mass is 207 g/mol. The molecule has 1 aliphatic heterocycles. The minimum atomic E-state index is 0.289. The van der Waals surface area contributed by atoms with Crippen molar-refractivity contribution in [1.29, 1.82) is 0 Å². The molecule has 4 nitrogen and oxygen atoms in total. The average Bonchev–Trinajstić information content (AvgIpc) is 2.29. The second kappa shape index (κ2) is 4.57. The first kappa shape index (κ1) is 10.4. The zero-order valence-electron chi connectivity index (χ0n) is 9.23. The van der Waals surface area contributed by atoms with E-state index in [-0.39, 0.29) is 6.04 Å². The zero-order chi connectivity index (χ0) is 10.7. The van der Waals surface area contributed by atoms with Gasteiger partial charge >= 0.3 is 0 Å². The highest BCUT2D eigenvalue weighted by atomic mass is 16.5. The third-order valence-corrected chi connectivity index (χ3v) is 2.88. The minimum absolute atomic E-state index is 0.289. The predicted octanol–water partition coefficient (Wildman–Crippen LogP) is 1.55. The summed E-state index contributed by atoms with van der Waals surface area (Å²) in [7, 11) is 1.64. The molecule has 0 amide bonds. The molecule has 1 aromatic rings. The number of rotatable bonds is 2. The molecule has 0 spiro atoms. The molecule has 0 bridgehead atoms. The van der Waals surface area contributed by atoms with E-state index in [1.807, 2.05) is 0 Å². The van der Waals surface area contributed by atoms with Crippen LogP contribution in [-0.2, 0) is 0 Å². The summed E-state index contributed by atoms with van der Waals surface area (Å²) in [6, 6.07) is 0.289. The van der Waals surface area contributed by atoms with Crippen molar-refractivity contribution in [3.63, 3.8) is 0 Å². The van der Waals surface area contributed by atoms with Crippen LogP contribution in [0.25, 0.3) is 0 Å². The number of nitrogens with zero attached hydrogens (tertiary/aromatic N) is 2. The lowest BCUT2D eigenvalue weighted by Crippen LogP contribution is -2.31. The number of hydrogen-bond acceptors (Lipinski definition) is 4. The van der Waals surface area contributed by atoms with E-state index in [2.05, 4.69) is 22.2 Å². The van der Waals surface area contributed by atoms with Crippen LogP contribution in [0.3, 0.4) is 0 Å². The summed E-state index contributed by atoms with van der Waals surface area (Å²) in [4.78, 5) is 8.53. The normalized spacial score (nSPS) is 26.3. The van der Waals surface area contributed by atoms with Crippen molar-refractivity contribution in [3.05, 3.63) is 18.1 Å². The topological polar surface area (TPSA) is 47.0 Å². The van der Waals surface area contributed by atoms with Gasteiger partial charge in [0, 0.05) is 12.4 Å². The summed E-state index contributed by atoms with van der Waals surface area (Å²) in [6.45, 7) is 3.32. The van der Waals surface area contributed by atoms with Gasteiger partial charge in [-0.05, 0) is 25.3 Å². The lowest BCUT2D eigenvalue weighted by atomic mass is 9.92. The lowest BCUT2D eigenvalue weighted by molar-refractivity contribution is 0.305. The van der Waals surface area contributed by atoms with Gasteiger partial charge in [-0.25, -0.2) is 4.98 Å². The van der Waals surface area contributed by atoms with Crippen molar-refractivity contribution in [2.45, 2.75) is 25.8 Å². The predicted molar refractivity (Wildman–Crippen MR) is 57.7 cm³/mol. The Morgan fingerprint density at radius 3 is 2.93 bits per heavy atom. The van der Waals surface area contributed by atoms with E-state index in [0.717, 1.165) is 24.6 Å². The molecule has 2 atom stereocenters. The van der Waals surface area contributed by atoms with Crippen LogP contribution in [0.1, 0.15) is 31.5 Å². The van der Waals surface area contributed by atoms with Crippen LogP contribution in [-0.4, -0.2) is 23.6 Å². The van der Waals surface area contributed by atoms with Gasteiger partial charge < -0.3 is 10.1 Å². The molecule has 1 saturated heterocycles. The second-order valence-corrected chi connectivity index (χ2v) is 4.09. The zero-order valence-corrected chi connectivity index (χ0v) is 9.23. The number of methoxy groups -OCH3 is 1. The molecular formula is C11H17N3O. The quantitative estimate of drug-likeness (QED) is 0.799. The van der Waals surface area contributed by atoms with Gasteiger partial charge in [0.15, 0.2) is 0 Å². The number of hydrogen-bond donors (Lipinski definition) is 1. The van der Waals surface area contributed by atoms with Crippen LogP contribution in [0.2, 0.25) is 0 Å². The molecule has 1 aromatic heterocycles. The average molecular weight is 207 g/mol. The summed E-state index contributed by atoms with van der Waals surface area (Å²) in [5.74, 6) is 1.38. The smallest absolute Gasteiger partial charge is 0.236 e. The van der Waals surface area contributed by atoms with Gasteiger partial charge in [-0.3, -0.25) is 4.98 Å². The first-order valence-electron chi connectivity index (χ1n) is 5.39. The molecule has 82 valence electrons. The Balaban J connectivity index is 2.20. The number of aromatic nitrogens is 2. The molecule has 4 heteroatoms. The maximum absolute atomic E-state index is 5.22. The van der Waals surface area contributed by atoms with E-state index < -0.39 is 0 Å². The fourth-order valence-corrected chi connectivity index (χ4v) is 2.05. The van der Waals surface area contributed by atoms with Gasteiger partial charge in [0.2, 0.25) is 5.88 Å². The fraction of sp³-hybridized carbons (Fsp3) is 0.636. The van der Waals surface area contributed by atoms with Crippen LogP contribution >= 0.6 is 0 Å². The maximum Gasteiger partial charge on any atom is 0.236 e. The molecule has 1 aliphatic rings. The number of ether oxygens (including phenoxy) is 1. The van der Waals surface area contributed by atoms with Gasteiger partial charge in [-0.1, -0.05) is 6.92 Å². The molecule has 1 N–H and O–H groups in total. The highest BCUT2D eigenvalue weighted by molar-refractivity contribution is 5.21. The van der Waals surface area contributed by atoms with E-state index in [1.54, 1.807) is 19.5 Å². The molecule has 0 saturated carbocycles. The van der Waals surface area contributed by atoms with E-state index in [1.165, 1.54) is 6.42 Å². The van der Waals surface area contributed by atoms with Gasteiger partial charge in [-0.2, -0.15) is 0 Å². The molecule has 0 radical (unpaired) electrons. The van der Waals surface area contributed by atoms with Crippen LogP contribution in [0.15, 0.2) is 12.4 Å². The van der Waals surface area contributed by atoms with Crippen LogP contribution < -0.4 is 10.1 Å². The van der Waals surface area contributed by atoms with Crippen molar-refractivity contribution in [1.82, 2.24) is 15.3 Å². The van der Waals surface area contributed by atoms with Crippen molar-refractivity contribution >= 4 is 0 Å². The molecule has 2 rings (SSSR count). The van der Waals surface area contributed by atoms with Crippen LogP contribution in [0.4, 0.5) is 0 Å². The first-order valence-corrected chi connectivity index (χ1v) is 5.39. The standard InChI is InChI=1S/C11H17N3O/c1-8-3-4-12-9(7-8)10-11(15-2)14-6-5-13-10/h5-6,8-9,12H,3-4,7H2,1-2H3. The van der Waals surface area contributed by atoms with Crippen molar-refractivity contribution in [2.24, 2.45) is 5.92 Å². The lowest BCUT2D eigenvalue weighted by Gasteiger charge is -2.28. The molecule has 0 aliphatic carbocycles. The molecule has 15 heavy (non-hydrogen) atoms. The van der Waals surface area contributed by atoms with E-state index in [9.17, 15) is 0 Å². The van der Waals surface area contributed by atoms with Crippen molar-refractivity contribution in [2.75, 3.05) is 13.7 Å². The maximum atomic E-state index is 5.22. The third-order valence-electron chi connectivity index (χ3n) is 2.88. The highest BCUT2D eigenvalue weighted by Gasteiger charge is 2.23. The molecule has 1 fully saturated rings. The second-order valence-electron chi connectivity index (χ2n) is 4.09.